The number of hydrogen-bond donors (Lipinski definition) is 2. The number of para-hydroxylation sites is 2. The highest BCUT2D eigenvalue weighted by Crippen LogP contribution is 2.28. The quantitative estimate of drug-likeness (QED) is 0.461. The molecule has 1 unspecified atom stereocenters. The SMILES string of the molecule is CC(=O)OCC(CCn1cc(Br)c(Nc2ccccc2O)nc1=O)OC(C)=O. The van der Waals surface area contributed by atoms with Crippen molar-refractivity contribution in [2.45, 2.75) is 32.9 Å². The average Bonchev–Trinajstić information content (AvgIpc) is 2.62. The van der Waals surface area contributed by atoms with Crippen LogP contribution in [0.25, 0.3) is 0 Å². The second kappa shape index (κ2) is 9.88. The van der Waals surface area contributed by atoms with Crippen molar-refractivity contribution in [1.82, 2.24) is 9.55 Å². The van der Waals surface area contributed by atoms with Crippen molar-refractivity contribution in [3.05, 3.63) is 45.4 Å². The molecule has 0 aliphatic heterocycles. The van der Waals surface area contributed by atoms with E-state index in [1.807, 2.05) is 0 Å². The largest absolute Gasteiger partial charge is 0.506 e. The molecule has 0 aliphatic carbocycles. The Balaban J connectivity index is 2.10. The number of esters is 2. The molecule has 0 spiro atoms. The van der Waals surface area contributed by atoms with Gasteiger partial charge in [-0.2, -0.15) is 4.98 Å². The first-order chi connectivity index (χ1) is 13.3. The Bertz CT molecular complexity index is 914. The van der Waals surface area contributed by atoms with E-state index in [9.17, 15) is 19.5 Å². The lowest BCUT2D eigenvalue weighted by Gasteiger charge is -2.17. The van der Waals surface area contributed by atoms with Gasteiger partial charge in [0.15, 0.2) is 5.82 Å². The van der Waals surface area contributed by atoms with Crippen molar-refractivity contribution in [2.24, 2.45) is 0 Å². The lowest BCUT2D eigenvalue weighted by molar-refractivity contribution is -0.156. The fourth-order valence-electron chi connectivity index (χ4n) is 2.33. The van der Waals surface area contributed by atoms with E-state index in [0.717, 1.165) is 0 Å². The summed E-state index contributed by atoms with van der Waals surface area (Å²) in [5, 5.41) is 12.7. The molecule has 0 amide bonds. The number of carbonyl (C=O) groups excluding carboxylic acids is 2. The minimum atomic E-state index is -0.675. The molecule has 1 heterocycles. The molecule has 9 nitrogen and oxygen atoms in total. The molecule has 2 N–H and O–H groups in total. The van der Waals surface area contributed by atoms with Gasteiger partial charge in [0.1, 0.15) is 18.5 Å². The number of anilines is 2. The Hall–Kier alpha value is -2.88. The van der Waals surface area contributed by atoms with Gasteiger partial charge in [-0.05, 0) is 28.1 Å². The first-order valence-corrected chi connectivity index (χ1v) is 9.18. The van der Waals surface area contributed by atoms with Crippen molar-refractivity contribution in [1.29, 1.82) is 0 Å². The summed E-state index contributed by atoms with van der Waals surface area (Å²) in [7, 11) is 0. The van der Waals surface area contributed by atoms with E-state index in [1.54, 1.807) is 18.2 Å². The van der Waals surface area contributed by atoms with E-state index in [4.69, 9.17) is 9.47 Å². The predicted octanol–water partition coefficient (Wildman–Crippen LogP) is 2.34. The zero-order valence-corrected chi connectivity index (χ0v) is 16.9. The minimum absolute atomic E-state index is 0.0232. The van der Waals surface area contributed by atoms with Crippen molar-refractivity contribution in [3.8, 4) is 5.75 Å². The molecule has 1 aromatic carbocycles. The van der Waals surface area contributed by atoms with Crippen molar-refractivity contribution < 1.29 is 24.2 Å². The van der Waals surface area contributed by atoms with Crippen LogP contribution in [0, 0.1) is 0 Å². The zero-order chi connectivity index (χ0) is 20.7. The maximum absolute atomic E-state index is 12.3. The minimum Gasteiger partial charge on any atom is -0.506 e. The molecule has 0 radical (unpaired) electrons. The Morgan fingerprint density at radius 2 is 2.00 bits per heavy atom. The predicted molar refractivity (Wildman–Crippen MR) is 104 cm³/mol. The molecule has 0 fully saturated rings. The maximum Gasteiger partial charge on any atom is 0.349 e. The first kappa shape index (κ1) is 21.4. The number of ether oxygens (including phenoxy) is 2. The molecule has 0 saturated carbocycles. The normalized spacial score (nSPS) is 11.5. The van der Waals surface area contributed by atoms with Crippen LogP contribution < -0.4 is 11.0 Å². The topological polar surface area (TPSA) is 120 Å². The highest BCUT2D eigenvalue weighted by atomic mass is 79.9. The van der Waals surface area contributed by atoms with Gasteiger partial charge in [0.05, 0.1) is 10.2 Å². The first-order valence-electron chi connectivity index (χ1n) is 8.39. The Morgan fingerprint density at radius 3 is 2.64 bits per heavy atom. The Labute approximate surface area is 169 Å². The van der Waals surface area contributed by atoms with Crippen LogP contribution in [0.3, 0.4) is 0 Å². The molecule has 28 heavy (non-hydrogen) atoms. The third-order valence-corrected chi connectivity index (χ3v) is 4.18. The van der Waals surface area contributed by atoms with Gasteiger partial charge in [0.2, 0.25) is 0 Å². The van der Waals surface area contributed by atoms with Gasteiger partial charge in [-0.25, -0.2) is 4.79 Å². The number of aryl methyl sites for hydroxylation is 1. The number of hydrogen-bond acceptors (Lipinski definition) is 8. The van der Waals surface area contributed by atoms with Crippen molar-refractivity contribution in [3.63, 3.8) is 0 Å². The van der Waals surface area contributed by atoms with Crippen LogP contribution >= 0.6 is 15.9 Å². The Kier molecular flexibility index (Phi) is 7.56. The van der Waals surface area contributed by atoms with Gasteiger partial charge in [-0.3, -0.25) is 14.2 Å². The summed E-state index contributed by atoms with van der Waals surface area (Å²) in [6, 6.07) is 6.56. The van der Waals surface area contributed by atoms with Gasteiger partial charge in [-0.1, -0.05) is 12.1 Å². The molecular weight excluding hydrogens is 434 g/mol. The van der Waals surface area contributed by atoms with E-state index >= 15 is 0 Å². The Morgan fingerprint density at radius 1 is 1.29 bits per heavy atom. The highest BCUT2D eigenvalue weighted by Gasteiger charge is 2.16. The number of nitrogens with one attached hydrogen (secondary N) is 1. The fraction of sp³-hybridized carbons (Fsp3) is 0.333. The molecule has 10 heteroatoms. The smallest absolute Gasteiger partial charge is 0.349 e. The van der Waals surface area contributed by atoms with E-state index in [1.165, 1.54) is 30.7 Å². The third kappa shape index (κ3) is 6.38. The number of aromatic nitrogens is 2. The third-order valence-electron chi connectivity index (χ3n) is 3.60. The molecule has 2 rings (SSSR count). The molecule has 1 aromatic heterocycles. The summed E-state index contributed by atoms with van der Waals surface area (Å²) in [6.45, 7) is 2.61. The summed E-state index contributed by atoms with van der Waals surface area (Å²) in [6.07, 6.45) is 1.12. The summed E-state index contributed by atoms with van der Waals surface area (Å²) in [4.78, 5) is 38.4. The monoisotopic (exact) mass is 453 g/mol. The lowest BCUT2D eigenvalue weighted by atomic mass is 10.2. The lowest BCUT2D eigenvalue weighted by Crippen LogP contribution is -2.29. The molecular formula is C18H20BrN3O6. The van der Waals surface area contributed by atoms with Gasteiger partial charge in [0.25, 0.3) is 0 Å². The van der Waals surface area contributed by atoms with E-state index in [0.29, 0.717) is 10.2 Å². The van der Waals surface area contributed by atoms with Crippen LogP contribution in [-0.2, 0) is 25.6 Å². The summed E-state index contributed by atoms with van der Waals surface area (Å²) >= 11 is 3.34. The number of rotatable bonds is 8. The van der Waals surface area contributed by atoms with Crippen LogP contribution in [0.5, 0.6) is 5.75 Å². The van der Waals surface area contributed by atoms with Crippen LogP contribution in [0.1, 0.15) is 20.3 Å². The number of carbonyl (C=O) groups is 2. The molecule has 2 aromatic rings. The van der Waals surface area contributed by atoms with Crippen LogP contribution in [0.2, 0.25) is 0 Å². The number of aromatic hydroxyl groups is 1. The maximum atomic E-state index is 12.3. The highest BCUT2D eigenvalue weighted by molar-refractivity contribution is 9.10. The van der Waals surface area contributed by atoms with E-state index in [-0.39, 0.29) is 31.1 Å². The summed E-state index contributed by atoms with van der Waals surface area (Å²) < 4.78 is 11.8. The molecule has 0 aliphatic rings. The van der Waals surface area contributed by atoms with Gasteiger partial charge in [0, 0.05) is 33.0 Å². The second-order valence-corrected chi connectivity index (χ2v) is 6.73. The standard InChI is InChI=1S/C18H20BrN3O6/c1-11(23)27-10-13(28-12(2)24)7-8-22-9-14(19)17(21-18(22)26)20-15-5-3-4-6-16(15)25/h3-6,9,13,25H,7-8,10H2,1-2H3,(H,20,21,26). The molecule has 1 atom stereocenters. The summed E-state index contributed by atoms with van der Waals surface area (Å²) in [5.41, 5.74) is -0.126. The van der Waals surface area contributed by atoms with Crippen LogP contribution in [0.15, 0.2) is 39.7 Å². The van der Waals surface area contributed by atoms with Gasteiger partial charge in [-0.15, -0.1) is 0 Å². The summed E-state index contributed by atoms with van der Waals surface area (Å²) in [5.74, 6) is -0.724. The van der Waals surface area contributed by atoms with Crippen molar-refractivity contribution in [2.75, 3.05) is 11.9 Å². The number of phenolic OH excluding ortho intramolecular Hbond substituents is 1. The van der Waals surface area contributed by atoms with Crippen LogP contribution in [0.4, 0.5) is 11.5 Å². The molecule has 0 saturated heterocycles. The average molecular weight is 454 g/mol. The van der Waals surface area contributed by atoms with Crippen LogP contribution in [-0.4, -0.2) is 39.3 Å². The van der Waals surface area contributed by atoms with E-state index < -0.39 is 23.7 Å². The van der Waals surface area contributed by atoms with Crippen molar-refractivity contribution >= 4 is 39.4 Å². The van der Waals surface area contributed by atoms with Gasteiger partial charge < -0.3 is 19.9 Å². The number of halogens is 1. The molecule has 150 valence electrons. The second-order valence-electron chi connectivity index (χ2n) is 5.88. The number of benzene rings is 1. The molecule has 0 bridgehead atoms. The number of phenols is 1. The van der Waals surface area contributed by atoms with E-state index in [2.05, 4.69) is 26.2 Å². The number of nitrogens with zero attached hydrogens (tertiary/aromatic N) is 2. The zero-order valence-electron chi connectivity index (χ0n) is 15.3. The van der Waals surface area contributed by atoms with Gasteiger partial charge >= 0.3 is 17.6 Å². The fourth-order valence-corrected chi connectivity index (χ4v) is 2.76.